The summed E-state index contributed by atoms with van der Waals surface area (Å²) >= 11 is 0. The van der Waals surface area contributed by atoms with E-state index in [0.29, 0.717) is 0 Å². The number of fused-ring (bicyclic) bond motifs is 3. The number of carbonyl (C=O) groups excluding carboxylic acids is 1. The lowest BCUT2D eigenvalue weighted by molar-refractivity contribution is -0.140. The predicted molar refractivity (Wildman–Crippen MR) is 69.5 cm³/mol. The summed E-state index contributed by atoms with van der Waals surface area (Å²) < 4.78 is 0. The van der Waals surface area contributed by atoms with Gasteiger partial charge in [0.2, 0.25) is 0 Å². The Hall–Kier alpha value is -2.10. The summed E-state index contributed by atoms with van der Waals surface area (Å²) in [5.74, 6) is -0.384. The van der Waals surface area contributed by atoms with Crippen molar-refractivity contribution in [3.63, 3.8) is 0 Å². The number of nitrogens with zero attached hydrogens (tertiary/aromatic N) is 1. The van der Waals surface area contributed by atoms with Gasteiger partial charge >= 0.3 is 5.97 Å². The molecule has 1 aliphatic rings. The number of hydrogen-bond donors (Lipinski definition) is 1. The fourth-order valence-electron chi connectivity index (χ4n) is 2.47. The fourth-order valence-corrected chi connectivity index (χ4v) is 2.47. The van der Waals surface area contributed by atoms with Crippen molar-refractivity contribution in [2.24, 2.45) is 5.16 Å². The molecule has 1 heterocycles. The molecule has 1 N–H and O–H groups in total. The number of carbonyl (C=O) groups is 1. The lowest BCUT2D eigenvalue weighted by Gasteiger charge is -2.13. The van der Waals surface area contributed by atoms with Crippen LogP contribution in [0.3, 0.4) is 0 Å². The Balaban J connectivity index is 2.10. The molecule has 1 aromatic heterocycles. The van der Waals surface area contributed by atoms with Crippen molar-refractivity contribution in [3.05, 3.63) is 35.5 Å². The highest BCUT2D eigenvalue weighted by Crippen LogP contribution is 2.29. The smallest absolute Gasteiger partial charge is 0.331 e. The third-order valence-corrected chi connectivity index (χ3v) is 3.23. The van der Waals surface area contributed by atoms with E-state index in [-0.39, 0.29) is 5.97 Å². The minimum atomic E-state index is -0.384. The van der Waals surface area contributed by atoms with Crippen LogP contribution in [-0.2, 0) is 16.1 Å². The van der Waals surface area contributed by atoms with Crippen LogP contribution in [0.25, 0.3) is 10.9 Å². The van der Waals surface area contributed by atoms with Crippen LogP contribution in [0.2, 0.25) is 0 Å². The second-order valence-corrected chi connectivity index (χ2v) is 4.50. The molecule has 1 aromatic carbocycles. The van der Waals surface area contributed by atoms with E-state index in [0.717, 1.165) is 36.2 Å². The Labute approximate surface area is 105 Å². The summed E-state index contributed by atoms with van der Waals surface area (Å²) in [6, 6.07) is 8.21. The highest BCUT2D eigenvalue weighted by atomic mass is 16.7. The monoisotopic (exact) mass is 242 g/mol. The molecular weight excluding hydrogens is 228 g/mol. The van der Waals surface area contributed by atoms with Crippen molar-refractivity contribution >= 4 is 22.6 Å². The quantitative estimate of drug-likeness (QED) is 0.617. The van der Waals surface area contributed by atoms with Gasteiger partial charge in [-0.05, 0) is 30.9 Å². The molecule has 2 aromatic rings. The summed E-state index contributed by atoms with van der Waals surface area (Å²) in [5, 5.41) is 5.19. The van der Waals surface area contributed by atoms with E-state index in [2.05, 4.69) is 22.3 Å². The first-order valence-electron chi connectivity index (χ1n) is 6.10. The lowest BCUT2D eigenvalue weighted by Crippen LogP contribution is -2.12. The average Bonchev–Trinajstić information content (AvgIpc) is 2.75. The number of aromatic amines is 1. The van der Waals surface area contributed by atoms with Gasteiger partial charge in [0.1, 0.15) is 5.71 Å². The molecule has 0 spiro atoms. The Bertz CT molecular complexity index is 640. The highest BCUT2D eigenvalue weighted by molar-refractivity contribution is 6.06. The van der Waals surface area contributed by atoms with E-state index in [4.69, 9.17) is 4.84 Å². The first kappa shape index (κ1) is 11.0. The lowest BCUT2D eigenvalue weighted by atomic mass is 9.94. The maximum Gasteiger partial charge on any atom is 0.331 e. The van der Waals surface area contributed by atoms with Crippen LogP contribution in [0, 0.1) is 0 Å². The van der Waals surface area contributed by atoms with Crippen molar-refractivity contribution in [1.82, 2.24) is 4.98 Å². The van der Waals surface area contributed by atoms with E-state index in [9.17, 15) is 4.79 Å². The van der Waals surface area contributed by atoms with Crippen molar-refractivity contribution in [1.29, 1.82) is 0 Å². The summed E-state index contributed by atoms with van der Waals surface area (Å²) in [4.78, 5) is 19.0. The zero-order valence-corrected chi connectivity index (χ0v) is 10.2. The van der Waals surface area contributed by atoms with Gasteiger partial charge in [-0.2, -0.15) is 0 Å². The van der Waals surface area contributed by atoms with Crippen LogP contribution in [-0.4, -0.2) is 16.7 Å². The molecular formula is C14H14N2O2. The number of benzene rings is 1. The van der Waals surface area contributed by atoms with Crippen LogP contribution >= 0.6 is 0 Å². The molecule has 0 amide bonds. The van der Waals surface area contributed by atoms with Crippen LogP contribution < -0.4 is 0 Å². The van der Waals surface area contributed by atoms with Gasteiger partial charge in [0.25, 0.3) is 0 Å². The predicted octanol–water partition coefficient (Wildman–Crippen LogP) is 2.77. The average molecular weight is 242 g/mol. The van der Waals surface area contributed by atoms with Gasteiger partial charge in [0.05, 0.1) is 5.69 Å². The highest BCUT2D eigenvalue weighted by Gasteiger charge is 2.20. The van der Waals surface area contributed by atoms with E-state index in [1.165, 1.54) is 17.9 Å². The summed E-state index contributed by atoms with van der Waals surface area (Å²) in [6.07, 6.45) is 2.92. The molecule has 4 heteroatoms. The van der Waals surface area contributed by atoms with Crippen molar-refractivity contribution in [2.45, 2.75) is 26.2 Å². The number of para-hydroxylation sites is 1. The molecule has 1 aliphatic carbocycles. The van der Waals surface area contributed by atoms with Gasteiger partial charge < -0.3 is 9.82 Å². The number of aryl methyl sites for hydroxylation is 1. The van der Waals surface area contributed by atoms with Gasteiger partial charge in [-0.1, -0.05) is 23.4 Å². The van der Waals surface area contributed by atoms with Gasteiger partial charge in [0, 0.05) is 17.8 Å². The topological polar surface area (TPSA) is 54.4 Å². The number of aromatic nitrogens is 1. The molecule has 0 saturated carbocycles. The molecule has 4 nitrogen and oxygen atoms in total. The van der Waals surface area contributed by atoms with Crippen molar-refractivity contribution in [3.8, 4) is 0 Å². The van der Waals surface area contributed by atoms with Crippen molar-refractivity contribution in [2.75, 3.05) is 0 Å². The van der Waals surface area contributed by atoms with E-state index in [1.54, 1.807) is 0 Å². The zero-order chi connectivity index (χ0) is 12.5. The largest absolute Gasteiger partial charge is 0.353 e. The Morgan fingerprint density at radius 2 is 2.17 bits per heavy atom. The van der Waals surface area contributed by atoms with Gasteiger partial charge in [0.15, 0.2) is 0 Å². The molecule has 3 rings (SSSR count). The first-order chi connectivity index (χ1) is 8.75. The molecule has 0 saturated heterocycles. The zero-order valence-electron chi connectivity index (χ0n) is 10.2. The van der Waals surface area contributed by atoms with E-state index in [1.807, 2.05) is 12.1 Å². The SMILES string of the molecule is CC(=O)O/N=C1\CCCc2c1[nH]c1ccccc21. The van der Waals surface area contributed by atoms with Gasteiger partial charge in [-0.3, -0.25) is 0 Å². The van der Waals surface area contributed by atoms with Crippen LogP contribution in [0.1, 0.15) is 31.0 Å². The number of rotatable bonds is 1. The third kappa shape index (κ3) is 1.79. The van der Waals surface area contributed by atoms with Crippen LogP contribution in [0.5, 0.6) is 0 Å². The fraction of sp³-hybridized carbons (Fsp3) is 0.286. The second-order valence-electron chi connectivity index (χ2n) is 4.50. The van der Waals surface area contributed by atoms with Crippen LogP contribution in [0.15, 0.2) is 29.4 Å². The second kappa shape index (κ2) is 4.29. The summed E-state index contributed by atoms with van der Waals surface area (Å²) in [5.41, 5.74) is 4.24. The van der Waals surface area contributed by atoms with E-state index >= 15 is 0 Å². The Morgan fingerprint density at radius 3 is 3.00 bits per heavy atom. The summed E-state index contributed by atoms with van der Waals surface area (Å²) in [7, 11) is 0. The normalized spacial score (nSPS) is 16.8. The Kier molecular flexibility index (Phi) is 2.63. The maximum atomic E-state index is 10.8. The van der Waals surface area contributed by atoms with E-state index < -0.39 is 0 Å². The first-order valence-corrected chi connectivity index (χ1v) is 6.10. The number of oxime groups is 1. The molecule has 0 bridgehead atoms. The summed E-state index contributed by atoms with van der Waals surface area (Å²) in [6.45, 7) is 1.36. The third-order valence-electron chi connectivity index (χ3n) is 3.23. The number of hydrogen-bond acceptors (Lipinski definition) is 3. The molecule has 92 valence electrons. The standard InChI is InChI=1S/C14H14N2O2/c1-9(17)18-16-13-8-4-6-11-10-5-2-3-7-12(10)15-14(11)13/h2-3,5,7,15H,4,6,8H2,1H3/b16-13+. The minimum absolute atomic E-state index is 0.384. The number of nitrogens with one attached hydrogen (secondary N) is 1. The van der Waals surface area contributed by atoms with Gasteiger partial charge in [-0.15, -0.1) is 0 Å². The van der Waals surface area contributed by atoms with Crippen molar-refractivity contribution < 1.29 is 9.63 Å². The maximum absolute atomic E-state index is 10.8. The molecule has 0 fully saturated rings. The molecule has 18 heavy (non-hydrogen) atoms. The Morgan fingerprint density at radius 1 is 1.33 bits per heavy atom. The molecule has 0 aliphatic heterocycles. The molecule has 0 unspecified atom stereocenters. The minimum Gasteiger partial charge on any atom is -0.353 e. The van der Waals surface area contributed by atoms with Gasteiger partial charge in [-0.25, -0.2) is 4.79 Å². The molecule has 0 radical (unpaired) electrons. The van der Waals surface area contributed by atoms with Crippen LogP contribution in [0.4, 0.5) is 0 Å². The number of H-pyrrole nitrogens is 1. The molecule has 0 atom stereocenters.